The Bertz CT molecular complexity index is 641. The average molecular weight is 212 g/mol. The molecule has 2 aliphatic rings. The number of H-pyrrole nitrogens is 1. The van der Waals surface area contributed by atoms with Crippen LogP contribution in [-0.2, 0) is 0 Å². The molecule has 0 fully saturated rings. The van der Waals surface area contributed by atoms with Crippen LogP contribution >= 0.6 is 0 Å². The standard InChI is InChI=1S/C11H8N4O/c16-11-10-9(12-13-11)6-7-15(14-10)8-4-2-1-3-5-8/h1-7H,(H,13,16). The highest BCUT2D eigenvalue weighted by Gasteiger charge is 2.11. The predicted molar refractivity (Wildman–Crippen MR) is 58.6 cm³/mol. The van der Waals surface area contributed by atoms with Gasteiger partial charge >= 0.3 is 0 Å². The maximum Gasteiger partial charge on any atom is 0.294 e. The molecular weight excluding hydrogens is 204 g/mol. The minimum absolute atomic E-state index is 0.264. The van der Waals surface area contributed by atoms with Crippen LogP contribution in [0.3, 0.4) is 0 Å². The Morgan fingerprint density at radius 3 is 2.75 bits per heavy atom. The minimum atomic E-state index is -0.264. The molecule has 5 heteroatoms. The van der Waals surface area contributed by atoms with E-state index in [0.29, 0.717) is 11.4 Å². The molecule has 0 aliphatic carbocycles. The van der Waals surface area contributed by atoms with Gasteiger partial charge in [-0.1, -0.05) is 18.2 Å². The van der Waals surface area contributed by atoms with Crippen LogP contribution in [0.5, 0.6) is 0 Å². The molecule has 0 amide bonds. The zero-order chi connectivity index (χ0) is 11.0. The lowest BCUT2D eigenvalue weighted by Gasteiger charge is -2.05. The van der Waals surface area contributed by atoms with E-state index in [1.165, 1.54) is 0 Å². The lowest BCUT2D eigenvalue weighted by molar-refractivity contribution is 0.844. The van der Waals surface area contributed by atoms with Crippen molar-refractivity contribution in [1.29, 1.82) is 0 Å². The molecule has 0 spiro atoms. The van der Waals surface area contributed by atoms with E-state index in [2.05, 4.69) is 15.3 Å². The number of fused-ring (bicyclic) bond motifs is 1. The third kappa shape index (κ3) is 1.30. The largest absolute Gasteiger partial charge is 0.294 e. The van der Waals surface area contributed by atoms with E-state index in [-0.39, 0.29) is 5.56 Å². The molecule has 0 bridgehead atoms. The van der Waals surface area contributed by atoms with Crippen LogP contribution in [0.15, 0.2) is 47.4 Å². The van der Waals surface area contributed by atoms with Gasteiger partial charge in [0.1, 0.15) is 5.69 Å². The molecule has 1 aromatic carbocycles. The smallest absolute Gasteiger partial charge is 0.265 e. The number of nitrogens with zero attached hydrogens (tertiary/aromatic N) is 3. The highest BCUT2D eigenvalue weighted by atomic mass is 16.1. The first-order valence-electron chi connectivity index (χ1n) is 4.84. The van der Waals surface area contributed by atoms with Crippen molar-refractivity contribution < 1.29 is 0 Å². The van der Waals surface area contributed by atoms with Gasteiger partial charge in [-0.3, -0.25) is 4.79 Å². The molecule has 5 nitrogen and oxygen atoms in total. The summed E-state index contributed by atoms with van der Waals surface area (Å²) in [4.78, 5) is 11.4. The lowest BCUT2D eigenvalue weighted by Crippen LogP contribution is -2.08. The van der Waals surface area contributed by atoms with Gasteiger partial charge in [-0.2, -0.15) is 10.2 Å². The summed E-state index contributed by atoms with van der Waals surface area (Å²) in [5, 5.41) is 10.4. The summed E-state index contributed by atoms with van der Waals surface area (Å²) in [5.41, 5.74) is 1.58. The Labute approximate surface area is 90.7 Å². The lowest BCUT2D eigenvalue weighted by atomic mass is 10.3. The van der Waals surface area contributed by atoms with Gasteiger partial charge < -0.3 is 0 Å². The van der Waals surface area contributed by atoms with E-state index >= 15 is 0 Å². The highest BCUT2D eigenvalue weighted by molar-refractivity contribution is 5.52. The number of aromatic nitrogens is 4. The van der Waals surface area contributed by atoms with Gasteiger partial charge in [0.15, 0.2) is 5.69 Å². The van der Waals surface area contributed by atoms with Crippen LogP contribution in [0.1, 0.15) is 0 Å². The van der Waals surface area contributed by atoms with Crippen molar-refractivity contribution in [1.82, 2.24) is 20.0 Å². The Balaban J connectivity index is 2.23. The second-order valence-electron chi connectivity index (χ2n) is 3.38. The maximum absolute atomic E-state index is 11.4. The van der Waals surface area contributed by atoms with Gasteiger partial charge in [-0.05, 0) is 18.2 Å². The Hall–Kier alpha value is -2.43. The maximum atomic E-state index is 11.4. The molecule has 1 aromatic rings. The molecule has 78 valence electrons. The monoisotopic (exact) mass is 212 g/mol. The summed E-state index contributed by atoms with van der Waals surface area (Å²) in [6.45, 7) is 0. The number of hydrogen-bond donors (Lipinski definition) is 1. The molecule has 0 aromatic heterocycles. The summed E-state index contributed by atoms with van der Waals surface area (Å²) in [6.07, 6.45) is 1.78. The summed E-state index contributed by atoms with van der Waals surface area (Å²) < 4.78 is 1.65. The number of nitrogens with one attached hydrogen (secondary N) is 1. The summed E-state index contributed by atoms with van der Waals surface area (Å²) in [5.74, 6) is 0. The van der Waals surface area contributed by atoms with Crippen LogP contribution in [0.2, 0.25) is 0 Å². The van der Waals surface area contributed by atoms with E-state index in [0.717, 1.165) is 5.69 Å². The molecule has 2 aliphatic heterocycles. The molecule has 0 radical (unpaired) electrons. The van der Waals surface area contributed by atoms with Crippen molar-refractivity contribution in [2.75, 3.05) is 0 Å². The van der Waals surface area contributed by atoms with Crippen molar-refractivity contribution in [3.8, 4) is 17.1 Å². The van der Waals surface area contributed by atoms with Crippen LogP contribution < -0.4 is 5.56 Å². The van der Waals surface area contributed by atoms with E-state index in [1.807, 2.05) is 30.3 Å². The summed E-state index contributed by atoms with van der Waals surface area (Å²) in [7, 11) is 0. The van der Waals surface area contributed by atoms with Crippen LogP contribution in [0, 0.1) is 0 Å². The zero-order valence-electron chi connectivity index (χ0n) is 8.29. The molecule has 1 N–H and O–H groups in total. The third-order valence-corrected chi connectivity index (χ3v) is 2.34. The van der Waals surface area contributed by atoms with Gasteiger partial charge in [0.25, 0.3) is 5.56 Å². The van der Waals surface area contributed by atoms with Crippen molar-refractivity contribution >= 4 is 0 Å². The van der Waals surface area contributed by atoms with Crippen molar-refractivity contribution in [3.63, 3.8) is 0 Å². The van der Waals surface area contributed by atoms with Gasteiger partial charge in [0.2, 0.25) is 0 Å². The molecule has 0 atom stereocenters. The second kappa shape index (κ2) is 3.30. The third-order valence-electron chi connectivity index (χ3n) is 2.34. The molecule has 0 unspecified atom stereocenters. The highest BCUT2D eigenvalue weighted by Crippen LogP contribution is 2.12. The zero-order valence-corrected chi connectivity index (χ0v) is 8.29. The van der Waals surface area contributed by atoms with Crippen LogP contribution in [-0.4, -0.2) is 20.0 Å². The fraction of sp³-hybridized carbons (Fsp3) is 0. The molecule has 0 saturated carbocycles. The van der Waals surface area contributed by atoms with E-state index < -0.39 is 0 Å². The molecule has 3 rings (SSSR count). The van der Waals surface area contributed by atoms with Gasteiger partial charge in [-0.15, -0.1) is 0 Å². The molecular formula is C11H8N4O. The number of rotatable bonds is 1. The quantitative estimate of drug-likeness (QED) is 0.656. The first-order chi connectivity index (χ1) is 7.84. The van der Waals surface area contributed by atoms with E-state index in [9.17, 15) is 4.79 Å². The fourth-order valence-corrected chi connectivity index (χ4v) is 1.55. The number of aromatic amines is 1. The molecule has 16 heavy (non-hydrogen) atoms. The van der Waals surface area contributed by atoms with Crippen molar-refractivity contribution in [3.05, 3.63) is 52.9 Å². The fourth-order valence-electron chi connectivity index (χ4n) is 1.55. The predicted octanol–water partition coefficient (Wildman–Crippen LogP) is 1.06. The van der Waals surface area contributed by atoms with Crippen molar-refractivity contribution in [2.45, 2.75) is 0 Å². The minimum Gasteiger partial charge on any atom is -0.265 e. The van der Waals surface area contributed by atoms with E-state index in [1.54, 1.807) is 16.9 Å². The average Bonchev–Trinajstić information content (AvgIpc) is 2.72. The van der Waals surface area contributed by atoms with Crippen LogP contribution in [0.25, 0.3) is 17.1 Å². The van der Waals surface area contributed by atoms with Gasteiger partial charge in [0.05, 0.1) is 5.69 Å². The van der Waals surface area contributed by atoms with E-state index in [4.69, 9.17) is 0 Å². The first kappa shape index (κ1) is 8.84. The second-order valence-corrected chi connectivity index (χ2v) is 3.38. The number of benzene rings is 1. The number of hydrogen-bond acceptors (Lipinski definition) is 3. The van der Waals surface area contributed by atoms with Crippen molar-refractivity contribution in [2.24, 2.45) is 0 Å². The Morgan fingerprint density at radius 1 is 1.12 bits per heavy atom. The summed E-state index contributed by atoms with van der Waals surface area (Å²) >= 11 is 0. The Kier molecular flexibility index (Phi) is 1.83. The Morgan fingerprint density at radius 2 is 1.94 bits per heavy atom. The molecule has 0 saturated heterocycles. The first-order valence-corrected chi connectivity index (χ1v) is 4.84. The number of para-hydroxylation sites is 1. The normalized spacial score (nSPS) is 10.8. The topological polar surface area (TPSA) is 63.6 Å². The SMILES string of the molecule is O=c1[nH]nc2ccn(-c3ccccc3)nc1-2. The molecule has 2 heterocycles. The van der Waals surface area contributed by atoms with Crippen LogP contribution in [0.4, 0.5) is 0 Å². The summed E-state index contributed by atoms with van der Waals surface area (Å²) in [6, 6.07) is 11.4. The van der Waals surface area contributed by atoms with Gasteiger partial charge in [-0.25, -0.2) is 9.78 Å². The van der Waals surface area contributed by atoms with Gasteiger partial charge in [0, 0.05) is 6.20 Å².